The summed E-state index contributed by atoms with van der Waals surface area (Å²) in [6.45, 7) is 2.26. The Morgan fingerprint density at radius 2 is 1.94 bits per heavy atom. The molecule has 1 N–H and O–H groups in total. The van der Waals surface area contributed by atoms with Gasteiger partial charge in [-0.1, -0.05) is 6.07 Å². The minimum Gasteiger partial charge on any atom is -0.490 e. The number of hydrogen-bond donors (Lipinski definition) is 1. The predicted octanol–water partition coefficient (Wildman–Crippen LogP) is 3.16. The van der Waals surface area contributed by atoms with Crippen molar-refractivity contribution < 1.29 is 9.13 Å². The summed E-state index contributed by atoms with van der Waals surface area (Å²) in [5.41, 5.74) is 0.517. The van der Waals surface area contributed by atoms with Crippen LogP contribution in [0, 0.1) is 11.2 Å². The Kier molecular flexibility index (Phi) is 4.13. The monoisotopic (exact) mass is 271 g/mol. The first-order valence-electron chi connectivity index (χ1n) is 6.39. The quantitative estimate of drug-likeness (QED) is 0.892. The molecule has 1 aliphatic heterocycles. The van der Waals surface area contributed by atoms with E-state index in [1.807, 2.05) is 6.07 Å². The normalized spacial score (nSPS) is 22.1. The zero-order valence-electron chi connectivity index (χ0n) is 10.3. The Morgan fingerprint density at radius 3 is 2.61 bits per heavy atom. The summed E-state index contributed by atoms with van der Waals surface area (Å²) in [5.74, 6) is 0.442. The second-order valence-electron chi connectivity index (χ2n) is 5.36. The van der Waals surface area contributed by atoms with Crippen molar-refractivity contribution in [3.63, 3.8) is 0 Å². The van der Waals surface area contributed by atoms with Gasteiger partial charge in [-0.2, -0.15) is 0 Å². The van der Waals surface area contributed by atoms with Gasteiger partial charge in [-0.25, -0.2) is 4.39 Å². The third kappa shape index (κ3) is 2.78. The number of piperidine rings is 1. The fraction of sp³-hybridized carbons (Fsp3) is 0.571. The van der Waals surface area contributed by atoms with Crippen LogP contribution < -0.4 is 10.1 Å². The van der Waals surface area contributed by atoms with Crippen LogP contribution in [0.4, 0.5) is 4.39 Å². The van der Waals surface area contributed by atoms with Crippen molar-refractivity contribution in [1.29, 1.82) is 0 Å². The molecule has 2 nitrogen and oxygen atoms in total. The van der Waals surface area contributed by atoms with Crippen LogP contribution in [0.3, 0.4) is 0 Å². The van der Waals surface area contributed by atoms with Gasteiger partial charge in [-0.3, -0.25) is 0 Å². The summed E-state index contributed by atoms with van der Waals surface area (Å²) in [6, 6.07) is 6.44. The van der Waals surface area contributed by atoms with E-state index >= 15 is 0 Å². The van der Waals surface area contributed by atoms with Crippen LogP contribution in [-0.2, 0) is 0 Å². The molecule has 1 aliphatic carbocycles. The number of ether oxygens (including phenoxy) is 1. The Balaban J connectivity index is 0.00000120. The van der Waals surface area contributed by atoms with Gasteiger partial charge >= 0.3 is 0 Å². The molecule has 3 rings (SSSR count). The first-order valence-corrected chi connectivity index (χ1v) is 6.39. The highest BCUT2D eigenvalue weighted by atomic mass is 35.5. The van der Waals surface area contributed by atoms with E-state index in [0.29, 0.717) is 11.2 Å². The highest BCUT2D eigenvalue weighted by Crippen LogP contribution is 2.49. The third-order valence-electron chi connectivity index (χ3n) is 4.08. The largest absolute Gasteiger partial charge is 0.490 e. The van der Waals surface area contributed by atoms with Crippen molar-refractivity contribution in [2.24, 2.45) is 5.41 Å². The summed E-state index contributed by atoms with van der Waals surface area (Å²) in [5, 5.41) is 3.39. The Bertz CT molecular complexity index is 399. The maximum absolute atomic E-state index is 13.0. The maximum Gasteiger partial charge on any atom is 0.126 e. The van der Waals surface area contributed by atoms with Crippen LogP contribution in [0.25, 0.3) is 0 Å². The van der Waals surface area contributed by atoms with Gasteiger partial charge in [-0.15, -0.1) is 12.4 Å². The summed E-state index contributed by atoms with van der Waals surface area (Å²) in [7, 11) is 0. The van der Waals surface area contributed by atoms with E-state index in [-0.39, 0.29) is 24.3 Å². The maximum atomic E-state index is 13.0. The highest BCUT2D eigenvalue weighted by molar-refractivity contribution is 5.85. The molecule has 1 saturated heterocycles. The van der Waals surface area contributed by atoms with Crippen molar-refractivity contribution in [1.82, 2.24) is 5.32 Å². The molecule has 100 valence electrons. The zero-order valence-corrected chi connectivity index (χ0v) is 11.1. The third-order valence-corrected chi connectivity index (χ3v) is 4.08. The molecule has 4 heteroatoms. The SMILES string of the molecule is Cl.Fc1cccc(OC2CC3(CCNCC3)C2)c1. The molecule has 0 bridgehead atoms. The van der Waals surface area contributed by atoms with Crippen LogP contribution in [0.15, 0.2) is 24.3 Å². The number of nitrogens with one attached hydrogen (secondary N) is 1. The smallest absolute Gasteiger partial charge is 0.126 e. The van der Waals surface area contributed by atoms with Gasteiger partial charge in [0.2, 0.25) is 0 Å². The van der Waals surface area contributed by atoms with Gasteiger partial charge in [0.05, 0.1) is 6.10 Å². The number of benzene rings is 1. The molecule has 0 aromatic heterocycles. The van der Waals surface area contributed by atoms with Gasteiger partial charge in [0.1, 0.15) is 11.6 Å². The molecule has 1 heterocycles. The van der Waals surface area contributed by atoms with Crippen LogP contribution in [0.2, 0.25) is 0 Å². The van der Waals surface area contributed by atoms with E-state index in [2.05, 4.69) is 5.32 Å². The number of hydrogen-bond acceptors (Lipinski definition) is 2. The van der Waals surface area contributed by atoms with Crippen molar-refractivity contribution in [3.8, 4) is 5.75 Å². The van der Waals surface area contributed by atoms with Crippen LogP contribution >= 0.6 is 12.4 Å². The minimum absolute atomic E-state index is 0. The second kappa shape index (κ2) is 5.45. The van der Waals surface area contributed by atoms with Gasteiger partial charge < -0.3 is 10.1 Å². The molecule has 0 radical (unpaired) electrons. The Labute approximate surface area is 113 Å². The lowest BCUT2D eigenvalue weighted by atomic mass is 9.62. The second-order valence-corrected chi connectivity index (χ2v) is 5.36. The predicted molar refractivity (Wildman–Crippen MR) is 71.8 cm³/mol. The van der Waals surface area contributed by atoms with Gasteiger partial charge in [-0.05, 0) is 56.3 Å². The fourth-order valence-electron chi connectivity index (χ4n) is 3.09. The van der Waals surface area contributed by atoms with E-state index in [9.17, 15) is 4.39 Å². The van der Waals surface area contributed by atoms with Gasteiger partial charge in [0.25, 0.3) is 0 Å². The molecule has 0 amide bonds. The zero-order chi connectivity index (χ0) is 11.7. The van der Waals surface area contributed by atoms with E-state index in [0.717, 1.165) is 25.9 Å². The molecule has 1 saturated carbocycles. The van der Waals surface area contributed by atoms with E-state index in [4.69, 9.17) is 4.74 Å². The summed E-state index contributed by atoms with van der Waals surface area (Å²) in [6.07, 6.45) is 5.07. The molecular weight excluding hydrogens is 253 g/mol. The average molecular weight is 272 g/mol. The molecule has 1 aromatic carbocycles. The van der Waals surface area contributed by atoms with Gasteiger partial charge in [0, 0.05) is 6.07 Å². The highest BCUT2D eigenvalue weighted by Gasteiger charge is 2.45. The van der Waals surface area contributed by atoms with Crippen LogP contribution in [0.5, 0.6) is 5.75 Å². The van der Waals surface area contributed by atoms with Crippen molar-refractivity contribution in [3.05, 3.63) is 30.1 Å². The molecule has 0 atom stereocenters. The fourth-order valence-corrected chi connectivity index (χ4v) is 3.09. The van der Waals surface area contributed by atoms with Crippen LogP contribution in [0.1, 0.15) is 25.7 Å². The molecule has 2 aliphatic rings. The lowest BCUT2D eigenvalue weighted by Gasteiger charge is -2.49. The van der Waals surface area contributed by atoms with Gasteiger partial charge in [0.15, 0.2) is 0 Å². The van der Waals surface area contributed by atoms with Crippen molar-refractivity contribution in [2.75, 3.05) is 13.1 Å². The Hall–Kier alpha value is -0.800. The lowest BCUT2D eigenvalue weighted by Crippen LogP contribution is -2.49. The number of halogens is 2. The summed E-state index contributed by atoms with van der Waals surface area (Å²) < 4.78 is 18.8. The lowest BCUT2D eigenvalue weighted by molar-refractivity contribution is -0.0348. The topological polar surface area (TPSA) is 21.3 Å². The molecular formula is C14H19ClFNO. The first-order chi connectivity index (χ1) is 8.26. The molecule has 1 aromatic rings. The number of rotatable bonds is 2. The van der Waals surface area contributed by atoms with Crippen LogP contribution in [-0.4, -0.2) is 19.2 Å². The molecule has 1 spiro atoms. The molecule has 2 fully saturated rings. The minimum atomic E-state index is -0.224. The first kappa shape index (κ1) is 13.6. The average Bonchev–Trinajstić information content (AvgIpc) is 2.28. The molecule has 0 unspecified atom stereocenters. The summed E-state index contributed by atoms with van der Waals surface area (Å²) in [4.78, 5) is 0. The standard InChI is InChI=1S/C14H18FNO.ClH/c15-11-2-1-3-12(8-11)17-13-9-14(10-13)4-6-16-7-5-14;/h1-3,8,13,16H,4-7,9-10H2;1H. The van der Waals surface area contributed by atoms with Crippen molar-refractivity contribution in [2.45, 2.75) is 31.8 Å². The van der Waals surface area contributed by atoms with E-state index in [1.54, 1.807) is 6.07 Å². The summed E-state index contributed by atoms with van der Waals surface area (Å²) >= 11 is 0. The van der Waals surface area contributed by atoms with Crippen molar-refractivity contribution >= 4 is 12.4 Å². The van der Waals surface area contributed by atoms with E-state index < -0.39 is 0 Å². The Morgan fingerprint density at radius 1 is 1.22 bits per heavy atom. The van der Waals surface area contributed by atoms with E-state index in [1.165, 1.54) is 25.0 Å². The molecule has 18 heavy (non-hydrogen) atoms.